The second-order valence-electron chi connectivity index (χ2n) is 4.82. The van der Waals surface area contributed by atoms with Crippen LogP contribution in [0.15, 0.2) is 29.2 Å². The van der Waals surface area contributed by atoms with Crippen molar-refractivity contribution in [2.45, 2.75) is 37.1 Å². The minimum Gasteiger partial charge on any atom is -0.299 e. The van der Waals surface area contributed by atoms with Crippen molar-refractivity contribution in [3.63, 3.8) is 0 Å². The summed E-state index contributed by atoms with van der Waals surface area (Å²) >= 11 is 0. The summed E-state index contributed by atoms with van der Waals surface area (Å²) in [6.07, 6.45) is 0. The van der Waals surface area contributed by atoms with Gasteiger partial charge in [-0.1, -0.05) is 32.0 Å². The lowest BCUT2D eigenvalue weighted by atomic mass is 9.85. The highest BCUT2D eigenvalue weighted by atomic mass is 32.2. The molecule has 0 N–H and O–H groups in total. The van der Waals surface area contributed by atoms with Gasteiger partial charge in [-0.3, -0.25) is 4.79 Å². The van der Waals surface area contributed by atoms with E-state index in [1.165, 1.54) is 25.1 Å². The van der Waals surface area contributed by atoms with E-state index in [9.17, 15) is 26.4 Å². The van der Waals surface area contributed by atoms with Crippen molar-refractivity contribution >= 4 is 15.6 Å². The Labute approximate surface area is 115 Å². The number of carbonyl (C=O) groups is 1. The van der Waals surface area contributed by atoms with Crippen LogP contribution in [0, 0.1) is 5.92 Å². The molecule has 0 aromatic heterocycles. The fraction of sp³-hybridized carbons (Fsp3) is 0.462. The van der Waals surface area contributed by atoms with E-state index in [1.807, 2.05) is 0 Å². The maximum Gasteiger partial charge on any atom is 0.501 e. The first-order chi connectivity index (χ1) is 9.00. The molecule has 0 spiro atoms. The van der Waals surface area contributed by atoms with Gasteiger partial charge >= 0.3 is 5.51 Å². The second-order valence-corrected chi connectivity index (χ2v) is 6.73. The zero-order valence-corrected chi connectivity index (χ0v) is 12.0. The zero-order chi connectivity index (χ0) is 15.7. The van der Waals surface area contributed by atoms with Crippen LogP contribution in [0.4, 0.5) is 13.2 Å². The third-order valence-electron chi connectivity index (χ3n) is 2.95. The van der Waals surface area contributed by atoms with Gasteiger partial charge < -0.3 is 0 Å². The number of halogens is 3. The van der Waals surface area contributed by atoms with Crippen LogP contribution in [0.3, 0.4) is 0 Å². The van der Waals surface area contributed by atoms with Crippen molar-refractivity contribution in [2.75, 3.05) is 0 Å². The van der Waals surface area contributed by atoms with Crippen molar-refractivity contribution in [3.05, 3.63) is 29.8 Å². The summed E-state index contributed by atoms with van der Waals surface area (Å²) in [7, 11) is -5.47. The van der Waals surface area contributed by atoms with E-state index in [1.54, 1.807) is 13.8 Å². The molecule has 1 unspecified atom stereocenters. The molecule has 1 aromatic carbocycles. The first kappa shape index (κ1) is 16.7. The molecule has 20 heavy (non-hydrogen) atoms. The van der Waals surface area contributed by atoms with Gasteiger partial charge in [-0.2, -0.15) is 13.2 Å². The van der Waals surface area contributed by atoms with E-state index < -0.39 is 26.2 Å². The van der Waals surface area contributed by atoms with E-state index in [2.05, 4.69) is 0 Å². The number of alkyl halides is 3. The van der Waals surface area contributed by atoms with Gasteiger partial charge in [0.25, 0.3) is 9.84 Å². The summed E-state index contributed by atoms with van der Waals surface area (Å²) in [5, 5.41) is 0. The minimum absolute atomic E-state index is 0.104. The Morgan fingerprint density at radius 3 is 2.05 bits per heavy atom. The fourth-order valence-corrected chi connectivity index (χ4v) is 3.17. The Morgan fingerprint density at radius 2 is 1.65 bits per heavy atom. The van der Waals surface area contributed by atoms with Crippen molar-refractivity contribution in [3.8, 4) is 0 Å². The molecule has 3 nitrogen and oxygen atoms in total. The molecule has 0 saturated heterocycles. The summed E-state index contributed by atoms with van der Waals surface area (Å²) in [6, 6.07) is 4.77. The topological polar surface area (TPSA) is 51.2 Å². The van der Waals surface area contributed by atoms with E-state index in [0.29, 0.717) is 0 Å². The molecule has 1 aromatic rings. The molecule has 1 atom stereocenters. The quantitative estimate of drug-likeness (QED) is 0.857. The molecule has 0 bridgehead atoms. The molecular weight excluding hydrogens is 293 g/mol. The van der Waals surface area contributed by atoms with Crippen molar-refractivity contribution in [1.82, 2.24) is 0 Å². The Balaban J connectivity index is 3.58. The first-order valence-corrected chi connectivity index (χ1v) is 7.39. The van der Waals surface area contributed by atoms with Gasteiger partial charge in [0.2, 0.25) is 0 Å². The maximum atomic E-state index is 12.7. The van der Waals surface area contributed by atoms with Crippen LogP contribution in [0.25, 0.3) is 0 Å². The van der Waals surface area contributed by atoms with Crippen LogP contribution in [0.2, 0.25) is 0 Å². The lowest BCUT2D eigenvalue weighted by Gasteiger charge is -2.21. The Kier molecular flexibility index (Phi) is 4.63. The summed E-state index contributed by atoms with van der Waals surface area (Å²) in [6.45, 7) is 4.55. The van der Waals surface area contributed by atoms with Gasteiger partial charge in [-0.05, 0) is 24.5 Å². The smallest absolute Gasteiger partial charge is 0.299 e. The third kappa shape index (κ3) is 3.03. The number of hydrogen-bond donors (Lipinski definition) is 0. The Bertz CT molecular complexity index is 604. The van der Waals surface area contributed by atoms with E-state index >= 15 is 0 Å². The van der Waals surface area contributed by atoms with Crippen molar-refractivity contribution in [2.24, 2.45) is 5.92 Å². The van der Waals surface area contributed by atoms with Gasteiger partial charge in [0.1, 0.15) is 5.78 Å². The molecule has 0 heterocycles. The number of Topliss-reactive ketones (excluding diaryl/α,β-unsaturated/α-hetero) is 1. The van der Waals surface area contributed by atoms with Crippen LogP contribution >= 0.6 is 0 Å². The first-order valence-electron chi connectivity index (χ1n) is 5.91. The molecule has 0 saturated carbocycles. The molecule has 112 valence electrons. The lowest BCUT2D eigenvalue weighted by molar-refractivity contribution is -0.119. The Morgan fingerprint density at radius 1 is 1.15 bits per heavy atom. The molecule has 0 aliphatic heterocycles. The Hall–Kier alpha value is -1.37. The van der Waals surface area contributed by atoms with Crippen LogP contribution in [-0.4, -0.2) is 19.7 Å². The molecule has 0 fully saturated rings. The van der Waals surface area contributed by atoms with Crippen LogP contribution in [0.5, 0.6) is 0 Å². The normalized spacial score (nSPS) is 14.3. The average Bonchev–Trinajstić information content (AvgIpc) is 2.26. The third-order valence-corrected chi connectivity index (χ3v) is 4.51. The van der Waals surface area contributed by atoms with Crippen LogP contribution < -0.4 is 0 Å². The van der Waals surface area contributed by atoms with E-state index in [0.717, 1.165) is 6.07 Å². The average molecular weight is 308 g/mol. The SMILES string of the molecule is CC(=O)C(c1ccccc1S(=O)(=O)C(F)(F)F)C(C)C. The molecule has 0 radical (unpaired) electrons. The number of hydrogen-bond acceptors (Lipinski definition) is 3. The van der Waals surface area contributed by atoms with Crippen LogP contribution in [0.1, 0.15) is 32.3 Å². The number of rotatable bonds is 4. The van der Waals surface area contributed by atoms with Gasteiger partial charge in [-0.15, -0.1) is 0 Å². The summed E-state index contributed by atoms with van der Waals surface area (Å²) in [5.41, 5.74) is -5.49. The van der Waals surface area contributed by atoms with Crippen molar-refractivity contribution < 1.29 is 26.4 Å². The predicted molar refractivity (Wildman–Crippen MR) is 67.9 cm³/mol. The monoisotopic (exact) mass is 308 g/mol. The molecule has 7 heteroatoms. The highest BCUT2D eigenvalue weighted by Crippen LogP contribution is 2.37. The summed E-state index contributed by atoms with van der Waals surface area (Å²) < 4.78 is 61.3. The molecular formula is C13H15F3O3S. The highest BCUT2D eigenvalue weighted by molar-refractivity contribution is 7.92. The summed E-state index contributed by atoms with van der Waals surface area (Å²) in [4.78, 5) is 10.8. The zero-order valence-electron chi connectivity index (χ0n) is 11.2. The van der Waals surface area contributed by atoms with Gasteiger partial charge in [-0.25, -0.2) is 8.42 Å². The molecule has 1 rings (SSSR count). The number of ketones is 1. The molecule has 0 amide bonds. The molecule has 0 aliphatic carbocycles. The van der Waals surface area contributed by atoms with E-state index in [4.69, 9.17) is 0 Å². The van der Waals surface area contributed by atoms with Gasteiger partial charge in [0.15, 0.2) is 0 Å². The van der Waals surface area contributed by atoms with Crippen LogP contribution in [-0.2, 0) is 14.6 Å². The predicted octanol–water partition coefficient (Wildman–Crippen LogP) is 3.31. The fourth-order valence-electron chi connectivity index (χ4n) is 2.15. The lowest BCUT2D eigenvalue weighted by Crippen LogP contribution is -2.26. The van der Waals surface area contributed by atoms with Crippen molar-refractivity contribution in [1.29, 1.82) is 0 Å². The number of carbonyl (C=O) groups excluding carboxylic acids is 1. The minimum atomic E-state index is -5.47. The van der Waals surface area contributed by atoms with Gasteiger partial charge in [0.05, 0.1) is 4.90 Å². The maximum absolute atomic E-state index is 12.7. The number of benzene rings is 1. The summed E-state index contributed by atoms with van der Waals surface area (Å²) in [5.74, 6) is -1.56. The molecule has 0 aliphatic rings. The second kappa shape index (κ2) is 5.55. The highest BCUT2D eigenvalue weighted by Gasteiger charge is 2.48. The number of sulfone groups is 1. The van der Waals surface area contributed by atoms with E-state index in [-0.39, 0.29) is 17.3 Å². The largest absolute Gasteiger partial charge is 0.501 e. The standard InChI is InChI=1S/C13H15F3O3S/c1-8(2)12(9(3)17)10-6-4-5-7-11(10)20(18,19)13(14,15)16/h4-8,12H,1-3H3. The van der Waals surface area contributed by atoms with Gasteiger partial charge in [0, 0.05) is 5.92 Å².